The zero-order chi connectivity index (χ0) is 17.0. The molecule has 1 amide bonds. The fraction of sp³-hybridized carbons (Fsp3) is 0.647. The Labute approximate surface area is 136 Å². The Hall–Kier alpha value is -1.56. The Bertz CT molecular complexity index is 522. The Balaban J connectivity index is 1.88. The van der Waals surface area contributed by atoms with E-state index < -0.39 is 17.7 Å². The van der Waals surface area contributed by atoms with Crippen molar-refractivity contribution in [1.29, 1.82) is 0 Å². The summed E-state index contributed by atoms with van der Waals surface area (Å²) in [6.07, 6.45) is -0.126. The maximum atomic E-state index is 12.9. The smallest absolute Gasteiger partial charge is 0.252 e. The molecule has 0 aliphatic carbocycles. The number of halogens is 2. The molecule has 1 saturated heterocycles. The van der Waals surface area contributed by atoms with Crippen molar-refractivity contribution in [3.05, 3.63) is 30.1 Å². The maximum absolute atomic E-state index is 12.9. The van der Waals surface area contributed by atoms with Gasteiger partial charge in [0.1, 0.15) is 5.41 Å². The van der Waals surface area contributed by atoms with E-state index >= 15 is 0 Å². The van der Waals surface area contributed by atoms with E-state index in [0.29, 0.717) is 0 Å². The van der Waals surface area contributed by atoms with E-state index in [-0.39, 0.29) is 12.0 Å². The zero-order valence-corrected chi connectivity index (χ0v) is 13.9. The molecule has 0 spiro atoms. The summed E-state index contributed by atoms with van der Waals surface area (Å²) >= 11 is 0. The van der Waals surface area contributed by atoms with Gasteiger partial charge in [0.2, 0.25) is 5.91 Å². The number of rotatable bonds is 5. The molecule has 4 nitrogen and oxygen atoms in total. The zero-order valence-electron chi connectivity index (χ0n) is 13.9. The minimum atomic E-state index is -2.66. The van der Waals surface area contributed by atoms with E-state index in [1.165, 1.54) is 13.8 Å². The first kappa shape index (κ1) is 17.8. The first-order valence-electron chi connectivity index (χ1n) is 8.02. The highest BCUT2D eigenvalue weighted by atomic mass is 19.3. The highest BCUT2D eigenvalue weighted by molar-refractivity contribution is 5.82. The van der Waals surface area contributed by atoms with E-state index in [4.69, 9.17) is 0 Å². The molecular weight excluding hydrogens is 300 g/mol. The lowest BCUT2D eigenvalue weighted by molar-refractivity contribution is -0.139. The number of carbonyl (C=O) groups excluding carboxylic acids is 1. The fourth-order valence-electron chi connectivity index (χ4n) is 2.76. The lowest BCUT2D eigenvalue weighted by Crippen LogP contribution is -2.53. The molecule has 1 N–H and O–H groups in total. The van der Waals surface area contributed by atoms with Gasteiger partial charge in [-0.2, -0.15) is 0 Å². The Kier molecular flexibility index (Phi) is 5.68. The molecule has 0 bridgehead atoms. The molecule has 2 rings (SSSR count). The third-order valence-electron chi connectivity index (χ3n) is 4.55. The van der Waals surface area contributed by atoms with E-state index in [1.807, 2.05) is 25.1 Å². The normalized spacial score (nSPS) is 23.0. The van der Waals surface area contributed by atoms with Gasteiger partial charge in [0.25, 0.3) is 6.43 Å². The molecule has 1 aliphatic heterocycles. The number of amides is 1. The van der Waals surface area contributed by atoms with Crippen molar-refractivity contribution in [3.63, 3.8) is 0 Å². The maximum Gasteiger partial charge on any atom is 0.252 e. The standard InChI is InChI=1S/C17H25F2N3O/c1-12-10-22(11-13-6-4-5-8-20-13)9-7-14(12)21-16(23)17(2,3)15(18)19/h4-6,8,12,14-15H,7,9-11H2,1-3H3,(H,21,23)/t12-,14-/m0/s1. The Morgan fingerprint density at radius 3 is 2.78 bits per heavy atom. The van der Waals surface area contributed by atoms with Gasteiger partial charge in [-0.15, -0.1) is 0 Å². The number of likely N-dealkylation sites (tertiary alicyclic amines) is 1. The van der Waals surface area contributed by atoms with Crippen LogP contribution in [-0.2, 0) is 11.3 Å². The van der Waals surface area contributed by atoms with Gasteiger partial charge < -0.3 is 5.32 Å². The average Bonchev–Trinajstić information content (AvgIpc) is 2.50. The molecule has 128 valence electrons. The molecule has 0 radical (unpaired) electrons. The van der Waals surface area contributed by atoms with Crippen LogP contribution in [-0.4, -0.2) is 41.3 Å². The highest BCUT2D eigenvalue weighted by Gasteiger charge is 2.39. The highest BCUT2D eigenvalue weighted by Crippen LogP contribution is 2.26. The molecule has 1 aromatic heterocycles. The van der Waals surface area contributed by atoms with Gasteiger partial charge in [0, 0.05) is 31.9 Å². The summed E-state index contributed by atoms with van der Waals surface area (Å²) in [6, 6.07) is 5.79. The number of aromatic nitrogens is 1. The van der Waals surface area contributed by atoms with Gasteiger partial charge in [0.05, 0.1) is 5.69 Å². The number of piperidine rings is 1. The number of nitrogens with one attached hydrogen (secondary N) is 1. The van der Waals surface area contributed by atoms with Crippen LogP contribution in [0.25, 0.3) is 0 Å². The number of nitrogens with zero attached hydrogens (tertiary/aromatic N) is 2. The van der Waals surface area contributed by atoms with E-state index in [1.54, 1.807) is 6.20 Å². The second-order valence-electron chi connectivity index (χ2n) is 6.92. The molecule has 0 saturated carbocycles. The van der Waals surface area contributed by atoms with Crippen molar-refractivity contribution in [2.45, 2.75) is 46.2 Å². The van der Waals surface area contributed by atoms with E-state index in [0.717, 1.165) is 31.7 Å². The molecule has 2 atom stereocenters. The summed E-state index contributed by atoms with van der Waals surface area (Å²) in [7, 11) is 0. The van der Waals surface area contributed by atoms with Crippen LogP contribution in [0.15, 0.2) is 24.4 Å². The largest absolute Gasteiger partial charge is 0.352 e. The predicted molar refractivity (Wildman–Crippen MR) is 85.0 cm³/mol. The minimum absolute atomic E-state index is 0.0551. The van der Waals surface area contributed by atoms with Crippen LogP contribution in [0.2, 0.25) is 0 Å². The Morgan fingerprint density at radius 2 is 2.22 bits per heavy atom. The van der Waals surface area contributed by atoms with Gasteiger partial charge >= 0.3 is 0 Å². The van der Waals surface area contributed by atoms with Gasteiger partial charge in [-0.05, 0) is 38.3 Å². The van der Waals surface area contributed by atoms with Crippen LogP contribution >= 0.6 is 0 Å². The fourth-order valence-corrected chi connectivity index (χ4v) is 2.76. The molecule has 2 heterocycles. The summed E-state index contributed by atoms with van der Waals surface area (Å²) in [5.74, 6) is -0.354. The molecule has 23 heavy (non-hydrogen) atoms. The summed E-state index contributed by atoms with van der Waals surface area (Å²) in [4.78, 5) is 18.7. The molecule has 1 fully saturated rings. The number of pyridine rings is 1. The van der Waals surface area contributed by atoms with Gasteiger partial charge in [-0.3, -0.25) is 14.7 Å². The van der Waals surface area contributed by atoms with E-state index in [2.05, 4.69) is 15.2 Å². The van der Waals surface area contributed by atoms with Crippen LogP contribution in [0, 0.1) is 11.3 Å². The quantitative estimate of drug-likeness (QED) is 0.905. The van der Waals surface area contributed by atoms with Crippen molar-refractivity contribution < 1.29 is 13.6 Å². The lowest BCUT2D eigenvalue weighted by Gasteiger charge is -2.38. The van der Waals surface area contributed by atoms with Crippen molar-refractivity contribution in [1.82, 2.24) is 15.2 Å². The van der Waals surface area contributed by atoms with Gasteiger partial charge in [-0.25, -0.2) is 8.78 Å². The van der Waals surface area contributed by atoms with Crippen LogP contribution in [0.4, 0.5) is 8.78 Å². The lowest BCUT2D eigenvalue weighted by atomic mass is 9.89. The number of carbonyl (C=O) groups is 1. The van der Waals surface area contributed by atoms with E-state index in [9.17, 15) is 13.6 Å². The third-order valence-corrected chi connectivity index (χ3v) is 4.55. The third kappa shape index (κ3) is 4.47. The van der Waals surface area contributed by atoms with Crippen LogP contribution < -0.4 is 5.32 Å². The minimum Gasteiger partial charge on any atom is -0.352 e. The summed E-state index contributed by atoms with van der Waals surface area (Å²) in [5.41, 5.74) is -0.633. The number of hydrogen-bond acceptors (Lipinski definition) is 3. The molecule has 1 aromatic rings. The Morgan fingerprint density at radius 1 is 1.48 bits per heavy atom. The van der Waals surface area contributed by atoms with Crippen LogP contribution in [0.3, 0.4) is 0 Å². The molecule has 0 unspecified atom stereocenters. The van der Waals surface area contributed by atoms with Crippen LogP contribution in [0.5, 0.6) is 0 Å². The summed E-state index contributed by atoms with van der Waals surface area (Å²) < 4.78 is 25.9. The predicted octanol–water partition coefficient (Wildman–Crippen LogP) is 2.70. The SMILES string of the molecule is C[C@H]1CN(Cc2ccccn2)CC[C@@H]1NC(=O)C(C)(C)C(F)F. The summed E-state index contributed by atoms with van der Waals surface area (Å²) in [5, 5.41) is 2.81. The molecule has 6 heteroatoms. The molecular formula is C17H25F2N3O. The van der Waals surface area contributed by atoms with Crippen molar-refractivity contribution >= 4 is 5.91 Å². The first-order chi connectivity index (χ1) is 10.8. The molecule has 0 aromatic carbocycles. The van der Waals surface area contributed by atoms with Crippen molar-refractivity contribution in [3.8, 4) is 0 Å². The number of hydrogen-bond donors (Lipinski definition) is 1. The van der Waals surface area contributed by atoms with Crippen molar-refractivity contribution in [2.75, 3.05) is 13.1 Å². The second kappa shape index (κ2) is 7.34. The van der Waals surface area contributed by atoms with Crippen LogP contribution in [0.1, 0.15) is 32.9 Å². The topological polar surface area (TPSA) is 45.2 Å². The summed E-state index contributed by atoms with van der Waals surface area (Å²) in [6.45, 7) is 7.03. The van der Waals surface area contributed by atoms with Gasteiger partial charge in [-0.1, -0.05) is 13.0 Å². The first-order valence-corrected chi connectivity index (χ1v) is 8.02. The monoisotopic (exact) mass is 325 g/mol. The van der Waals surface area contributed by atoms with Crippen molar-refractivity contribution in [2.24, 2.45) is 11.3 Å². The second-order valence-corrected chi connectivity index (χ2v) is 6.92. The van der Waals surface area contributed by atoms with Gasteiger partial charge in [0.15, 0.2) is 0 Å². The number of alkyl halides is 2. The average molecular weight is 325 g/mol. The molecule has 1 aliphatic rings.